The Hall–Kier alpha value is -2.61. The molecule has 2 aromatic carbocycles. The average molecular weight is 652 g/mol. The first-order chi connectivity index (χ1) is 19.6. The lowest BCUT2D eigenvalue weighted by Gasteiger charge is -2.32. The predicted molar refractivity (Wildman–Crippen MR) is 165 cm³/mol. The van der Waals surface area contributed by atoms with Gasteiger partial charge in [0, 0.05) is 55.6 Å². The van der Waals surface area contributed by atoms with Gasteiger partial charge in [-0.2, -0.15) is 8.42 Å². The maximum atomic E-state index is 12.6. The summed E-state index contributed by atoms with van der Waals surface area (Å²) in [4.78, 5) is 23.5. The number of carbonyl (C=O) groups is 1. The Morgan fingerprint density at radius 1 is 1.15 bits per heavy atom. The molecule has 3 heterocycles. The number of thiazole rings is 1. The van der Waals surface area contributed by atoms with Crippen LogP contribution in [0.4, 0.5) is 5.69 Å². The number of benzene rings is 2. The van der Waals surface area contributed by atoms with Crippen LogP contribution in [0.3, 0.4) is 0 Å². The highest BCUT2D eigenvalue weighted by Gasteiger charge is 2.21. The van der Waals surface area contributed by atoms with E-state index in [2.05, 4.69) is 24.9 Å². The zero-order valence-electron chi connectivity index (χ0n) is 22.1. The van der Waals surface area contributed by atoms with Crippen molar-refractivity contribution in [3.05, 3.63) is 76.0 Å². The van der Waals surface area contributed by atoms with Gasteiger partial charge in [-0.25, -0.2) is 9.97 Å². The summed E-state index contributed by atoms with van der Waals surface area (Å²) < 4.78 is 30.1. The number of thioether (sulfide) groups is 1. The van der Waals surface area contributed by atoms with Crippen LogP contribution in [-0.2, 0) is 28.4 Å². The van der Waals surface area contributed by atoms with Crippen molar-refractivity contribution in [1.82, 2.24) is 24.8 Å². The Balaban J connectivity index is 1.08. The second-order valence-electron chi connectivity index (χ2n) is 9.72. The van der Waals surface area contributed by atoms with Crippen LogP contribution in [0.25, 0.3) is 11.3 Å². The minimum absolute atomic E-state index is 0.0133. The van der Waals surface area contributed by atoms with E-state index in [1.807, 2.05) is 29.6 Å². The van der Waals surface area contributed by atoms with Gasteiger partial charge in [0.2, 0.25) is 5.91 Å². The number of amides is 1. The van der Waals surface area contributed by atoms with Crippen LogP contribution in [0.1, 0.15) is 18.4 Å². The number of imidazole rings is 1. The fourth-order valence-corrected chi connectivity index (χ4v) is 7.46. The second-order valence-corrected chi connectivity index (χ2v) is 14.2. The molecule has 1 fully saturated rings. The number of carbonyl (C=O) groups excluding carboxylic acids is 1. The monoisotopic (exact) mass is 650 g/mol. The molecule has 0 saturated carbocycles. The molecule has 2 aromatic heterocycles. The molecule has 14 heteroatoms. The van der Waals surface area contributed by atoms with Crippen molar-refractivity contribution in [3.8, 4) is 11.3 Å². The van der Waals surface area contributed by atoms with Crippen molar-refractivity contribution in [2.24, 2.45) is 7.05 Å². The number of likely N-dealkylation sites (tertiary alicyclic amines) is 1. The lowest BCUT2D eigenvalue weighted by molar-refractivity contribution is -0.119. The summed E-state index contributed by atoms with van der Waals surface area (Å²) in [7, 11) is -2.09. The third kappa shape index (κ3) is 8.02. The highest BCUT2D eigenvalue weighted by Crippen LogP contribution is 2.30. The largest absolute Gasteiger partial charge is 0.353 e. The van der Waals surface area contributed by atoms with E-state index < -0.39 is 10.0 Å². The van der Waals surface area contributed by atoms with Crippen LogP contribution >= 0.6 is 46.3 Å². The molecule has 4 aromatic rings. The van der Waals surface area contributed by atoms with Crippen LogP contribution in [0, 0.1) is 0 Å². The molecular weight excluding hydrogens is 623 g/mol. The zero-order valence-corrected chi connectivity index (χ0v) is 26.0. The molecule has 216 valence electrons. The minimum atomic E-state index is -3.80. The fraction of sp³-hybridized carbons (Fsp3) is 0.296. The van der Waals surface area contributed by atoms with Gasteiger partial charge in [-0.1, -0.05) is 53.2 Å². The molecule has 1 saturated heterocycles. The van der Waals surface area contributed by atoms with Gasteiger partial charge >= 0.3 is 0 Å². The Bertz CT molecular complexity index is 1630. The van der Waals surface area contributed by atoms with Gasteiger partial charge < -0.3 is 9.88 Å². The molecule has 1 amide bonds. The molecular formula is C27H28Cl2N6O3S3. The number of hydrogen-bond donors (Lipinski definition) is 2. The number of nitrogens with one attached hydrogen (secondary N) is 2. The molecule has 0 unspecified atom stereocenters. The number of aromatic nitrogens is 3. The van der Waals surface area contributed by atoms with E-state index in [4.69, 9.17) is 23.2 Å². The van der Waals surface area contributed by atoms with E-state index in [1.165, 1.54) is 35.6 Å². The van der Waals surface area contributed by atoms with Gasteiger partial charge in [-0.05, 0) is 42.7 Å². The summed E-state index contributed by atoms with van der Waals surface area (Å²) >= 11 is 15.0. The number of nitrogens with zero attached hydrogens (tertiary/aromatic N) is 4. The lowest BCUT2D eigenvalue weighted by atomic mass is 10.0. The third-order valence-corrected chi connectivity index (χ3v) is 10.5. The number of hydrogen-bond acceptors (Lipinski definition) is 8. The second kappa shape index (κ2) is 13.1. The Morgan fingerprint density at radius 3 is 2.68 bits per heavy atom. The number of sulfonamides is 1. The fourth-order valence-electron chi connectivity index (χ4n) is 4.46. The van der Waals surface area contributed by atoms with Crippen molar-refractivity contribution in [2.75, 3.05) is 23.6 Å². The van der Waals surface area contributed by atoms with E-state index in [-0.39, 0.29) is 22.7 Å². The smallest absolute Gasteiger partial charge is 0.280 e. The molecule has 0 spiro atoms. The highest BCUT2D eigenvalue weighted by molar-refractivity contribution is 8.01. The van der Waals surface area contributed by atoms with Gasteiger partial charge in [0.05, 0.1) is 27.8 Å². The molecule has 0 aliphatic carbocycles. The van der Waals surface area contributed by atoms with Crippen molar-refractivity contribution in [3.63, 3.8) is 0 Å². The van der Waals surface area contributed by atoms with Crippen LogP contribution in [-0.4, -0.2) is 58.6 Å². The Labute approximate surface area is 257 Å². The maximum absolute atomic E-state index is 12.6. The predicted octanol–water partition coefficient (Wildman–Crippen LogP) is 5.52. The van der Waals surface area contributed by atoms with Gasteiger partial charge in [-0.15, -0.1) is 11.3 Å². The summed E-state index contributed by atoms with van der Waals surface area (Å²) in [6.45, 7) is 2.59. The van der Waals surface area contributed by atoms with E-state index in [0.717, 1.165) is 47.9 Å². The summed E-state index contributed by atoms with van der Waals surface area (Å²) in [6.07, 6.45) is 4.65. The van der Waals surface area contributed by atoms with E-state index in [0.29, 0.717) is 21.4 Å². The van der Waals surface area contributed by atoms with Gasteiger partial charge in [0.15, 0.2) is 9.37 Å². The number of piperidine rings is 1. The maximum Gasteiger partial charge on any atom is 0.280 e. The topological polar surface area (TPSA) is 109 Å². The average Bonchev–Trinajstić information content (AvgIpc) is 3.60. The normalized spacial score (nSPS) is 14.7. The SMILES string of the molecule is Cn1cnc(S(=O)(=O)Nc2cccc(-c3csc(SCC(=O)NC4CCN(Cc5ccc(Cl)c(Cl)c5)CC4)n3)c2)c1. The zero-order chi connectivity index (χ0) is 29.0. The van der Waals surface area contributed by atoms with E-state index in [9.17, 15) is 13.2 Å². The first-order valence-electron chi connectivity index (χ1n) is 12.8. The Morgan fingerprint density at radius 2 is 1.95 bits per heavy atom. The molecule has 0 radical (unpaired) electrons. The minimum Gasteiger partial charge on any atom is -0.353 e. The van der Waals surface area contributed by atoms with Gasteiger partial charge in [-0.3, -0.25) is 14.4 Å². The first kappa shape index (κ1) is 29.9. The van der Waals surface area contributed by atoms with Crippen LogP contribution < -0.4 is 10.0 Å². The highest BCUT2D eigenvalue weighted by atomic mass is 35.5. The number of aryl methyl sites for hydroxylation is 1. The van der Waals surface area contributed by atoms with E-state index in [1.54, 1.807) is 29.8 Å². The summed E-state index contributed by atoms with van der Waals surface area (Å²) in [5, 5.41) is 6.12. The molecule has 41 heavy (non-hydrogen) atoms. The summed E-state index contributed by atoms with van der Waals surface area (Å²) in [5.74, 6) is 0.265. The molecule has 0 atom stereocenters. The van der Waals surface area contributed by atoms with Gasteiger partial charge in [0.25, 0.3) is 10.0 Å². The standard InChI is InChI=1S/C27H28Cl2N6O3S3/c1-34-14-26(30-17-34)41(37,38)33-21-4-2-3-19(12-21)24-15-39-27(32-24)40-16-25(36)31-20-7-9-35(10-8-20)13-18-5-6-22(28)23(29)11-18/h2-6,11-12,14-15,17,20,33H,7-10,13,16H2,1H3,(H,31,36). The van der Waals surface area contributed by atoms with E-state index >= 15 is 0 Å². The molecule has 0 bridgehead atoms. The number of anilines is 1. The third-order valence-electron chi connectivity index (χ3n) is 6.52. The van der Waals surface area contributed by atoms with Crippen molar-refractivity contribution in [1.29, 1.82) is 0 Å². The molecule has 1 aliphatic rings. The molecule has 5 rings (SSSR count). The van der Waals surface area contributed by atoms with Crippen molar-refractivity contribution in [2.45, 2.75) is 34.8 Å². The van der Waals surface area contributed by atoms with Gasteiger partial charge in [0.1, 0.15) is 0 Å². The first-order valence-corrected chi connectivity index (χ1v) is 16.9. The lowest BCUT2D eigenvalue weighted by Crippen LogP contribution is -2.44. The Kier molecular flexibility index (Phi) is 9.57. The number of rotatable bonds is 10. The summed E-state index contributed by atoms with van der Waals surface area (Å²) in [5.41, 5.74) is 3.02. The van der Waals surface area contributed by atoms with Crippen LogP contribution in [0.2, 0.25) is 10.0 Å². The summed E-state index contributed by atoms with van der Waals surface area (Å²) in [6, 6.07) is 12.9. The quantitative estimate of drug-likeness (QED) is 0.217. The van der Waals surface area contributed by atoms with Crippen LogP contribution in [0.5, 0.6) is 0 Å². The molecule has 9 nitrogen and oxygen atoms in total. The van der Waals surface area contributed by atoms with Crippen LogP contribution in [0.15, 0.2) is 69.7 Å². The molecule has 2 N–H and O–H groups in total. The van der Waals surface area contributed by atoms with Crippen molar-refractivity contribution < 1.29 is 13.2 Å². The molecule has 1 aliphatic heterocycles. The number of halogens is 2. The van der Waals surface area contributed by atoms with Crippen molar-refractivity contribution >= 4 is 67.9 Å².